The van der Waals surface area contributed by atoms with E-state index < -0.39 is 7.12 Å². The van der Waals surface area contributed by atoms with E-state index in [1.54, 1.807) is 19.2 Å². The topological polar surface area (TPSA) is 77.0 Å². The number of benzene rings is 2. The molecular formula is C22H30BN3O3S. The quantitative estimate of drug-likeness (QED) is 0.398. The molecule has 0 amide bonds. The van der Waals surface area contributed by atoms with Gasteiger partial charge < -0.3 is 25.4 Å². The maximum Gasteiger partial charge on any atom is 0.488 e. The Morgan fingerprint density at radius 2 is 1.90 bits per heavy atom. The Morgan fingerprint density at radius 3 is 2.60 bits per heavy atom. The van der Waals surface area contributed by atoms with Crippen LogP contribution in [0.4, 0.5) is 5.69 Å². The summed E-state index contributed by atoms with van der Waals surface area (Å²) in [5.74, 6) is 0.703. The summed E-state index contributed by atoms with van der Waals surface area (Å²) in [7, 11) is 2.17. The van der Waals surface area contributed by atoms with Gasteiger partial charge in [-0.15, -0.1) is 0 Å². The summed E-state index contributed by atoms with van der Waals surface area (Å²) in [6.45, 7) is 0.589. The van der Waals surface area contributed by atoms with Crippen LogP contribution < -0.4 is 20.8 Å². The van der Waals surface area contributed by atoms with E-state index in [-0.39, 0.29) is 12.1 Å². The normalized spacial score (nSPS) is 18.7. The highest BCUT2D eigenvalue weighted by Gasteiger charge is 2.30. The molecule has 1 aliphatic carbocycles. The lowest BCUT2D eigenvalue weighted by Crippen LogP contribution is -2.53. The second-order valence-corrected chi connectivity index (χ2v) is 8.18. The molecule has 2 aromatic rings. The molecule has 0 aliphatic heterocycles. The fourth-order valence-corrected chi connectivity index (χ4v) is 4.42. The highest BCUT2D eigenvalue weighted by atomic mass is 32.1. The highest BCUT2D eigenvalue weighted by molar-refractivity contribution is 7.80. The first-order valence-corrected chi connectivity index (χ1v) is 10.7. The van der Waals surface area contributed by atoms with Crippen LogP contribution in [0.1, 0.15) is 31.2 Å². The zero-order chi connectivity index (χ0) is 21.5. The van der Waals surface area contributed by atoms with Crippen molar-refractivity contribution in [3.63, 3.8) is 0 Å². The van der Waals surface area contributed by atoms with Crippen LogP contribution in [0.5, 0.6) is 5.75 Å². The van der Waals surface area contributed by atoms with Crippen LogP contribution in [-0.4, -0.2) is 53.4 Å². The fraction of sp³-hybridized carbons (Fsp3) is 0.409. The summed E-state index contributed by atoms with van der Waals surface area (Å²) in [4.78, 5) is 2.27. The van der Waals surface area contributed by atoms with Gasteiger partial charge in [0.1, 0.15) is 5.75 Å². The molecule has 2 atom stereocenters. The number of anilines is 1. The molecule has 3 rings (SSSR count). The number of hydrogen-bond acceptors (Lipinski definition) is 5. The highest BCUT2D eigenvalue weighted by Crippen LogP contribution is 2.24. The molecule has 0 aromatic heterocycles. The van der Waals surface area contributed by atoms with E-state index in [0.717, 1.165) is 30.5 Å². The molecule has 2 aromatic carbocycles. The van der Waals surface area contributed by atoms with Crippen molar-refractivity contribution in [2.75, 3.05) is 19.5 Å². The first-order chi connectivity index (χ1) is 14.5. The van der Waals surface area contributed by atoms with Crippen molar-refractivity contribution in [1.82, 2.24) is 10.2 Å². The zero-order valence-electron chi connectivity index (χ0n) is 17.5. The molecule has 160 valence electrons. The SMILES string of the molecule is COc1ccc(B(O)O)c(CN(C)[C@@H]2CCCC[C@H]2NC(=S)Nc2ccccc2)c1. The Hall–Kier alpha value is -2.13. The Balaban J connectivity index is 1.69. The van der Waals surface area contributed by atoms with Crippen LogP contribution >= 0.6 is 12.2 Å². The maximum atomic E-state index is 9.76. The van der Waals surface area contributed by atoms with Crippen LogP contribution in [0, 0.1) is 0 Å². The predicted octanol–water partition coefficient (Wildman–Crippen LogP) is 2.10. The number of methoxy groups -OCH3 is 1. The van der Waals surface area contributed by atoms with E-state index >= 15 is 0 Å². The molecule has 6 nitrogen and oxygen atoms in total. The Morgan fingerprint density at radius 1 is 1.17 bits per heavy atom. The smallest absolute Gasteiger partial charge is 0.488 e. The number of para-hydroxylation sites is 1. The third-order valence-corrected chi connectivity index (χ3v) is 5.91. The number of likely N-dealkylation sites (N-methyl/N-ethyl adjacent to an activating group) is 1. The van der Waals surface area contributed by atoms with Crippen LogP contribution in [-0.2, 0) is 6.54 Å². The number of thiocarbonyl (C=S) groups is 1. The molecule has 1 fully saturated rings. The van der Waals surface area contributed by atoms with E-state index in [0.29, 0.717) is 22.9 Å². The van der Waals surface area contributed by atoms with E-state index in [1.165, 1.54) is 6.42 Å². The van der Waals surface area contributed by atoms with Gasteiger partial charge in [-0.3, -0.25) is 4.90 Å². The van der Waals surface area contributed by atoms with Gasteiger partial charge in [0.15, 0.2) is 5.11 Å². The monoisotopic (exact) mass is 427 g/mol. The third-order valence-electron chi connectivity index (χ3n) is 5.69. The summed E-state index contributed by atoms with van der Waals surface area (Å²) in [5.41, 5.74) is 2.32. The zero-order valence-corrected chi connectivity index (χ0v) is 18.4. The lowest BCUT2D eigenvalue weighted by molar-refractivity contribution is 0.153. The van der Waals surface area contributed by atoms with E-state index in [9.17, 15) is 10.0 Å². The number of nitrogens with zero attached hydrogens (tertiary/aromatic N) is 1. The Kier molecular flexibility index (Phi) is 8.10. The largest absolute Gasteiger partial charge is 0.497 e. The van der Waals surface area contributed by atoms with Crippen molar-refractivity contribution >= 4 is 35.6 Å². The second kappa shape index (κ2) is 10.8. The molecule has 0 radical (unpaired) electrons. The molecule has 30 heavy (non-hydrogen) atoms. The molecule has 1 aliphatic rings. The summed E-state index contributed by atoms with van der Waals surface area (Å²) in [6.07, 6.45) is 4.43. The molecule has 0 saturated heterocycles. The van der Waals surface area contributed by atoms with Gasteiger partial charge in [-0.2, -0.15) is 0 Å². The fourth-order valence-electron chi connectivity index (χ4n) is 4.15. The number of ether oxygens (including phenoxy) is 1. The molecule has 0 bridgehead atoms. The van der Waals surface area contributed by atoms with Gasteiger partial charge >= 0.3 is 7.12 Å². The van der Waals surface area contributed by atoms with Crippen LogP contribution in [0.25, 0.3) is 0 Å². The summed E-state index contributed by atoms with van der Waals surface area (Å²) < 4.78 is 5.33. The maximum absolute atomic E-state index is 9.76. The number of hydrogen-bond donors (Lipinski definition) is 4. The number of nitrogens with one attached hydrogen (secondary N) is 2. The van der Waals surface area contributed by atoms with Crippen molar-refractivity contribution < 1.29 is 14.8 Å². The molecular weight excluding hydrogens is 397 g/mol. The van der Waals surface area contributed by atoms with E-state index in [4.69, 9.17) is 17.0 Å². The standard InChI is InChI=1S/C22H30BN3O3S/c1-26(15-16-14-18(29-2)12-13-19(16)23(27)28)21-11-7-6-10-20(21)25-22(30)24-17-8-4-3-5-9-17/h3-5,8-9,12-14,20-21,27-28H,6-7,10-11,15H2,1-2H3,(H2,24,25,30)/t20-,21-/m1/s1. The molecule has 4 N–H and O–H groups in total. The molecule has 0 spiro atoms. The van der Waals surface area contributed by atoms with Crippen molar-refractivity contribution in [3.8, 4) is 5.75 Å². The Labute approximate surface area is 184 Å². The number of rotatable bonds is 7. The van der Waals surface area contributed by atoms with Gasteiger partial charge in [-0.25, -0.2) is 0 Å². The van der Waals surface area contributed by atoms with Gasteiger partial charge in [-0.05, 0) is 67.4 Å². The molecule has 1 saturated carbocycles. The van der Waals surface area contributed by atoms with Crippen molar-refractivity contribution in [1.29, 1.82) is 0 Å². The van der Waals surface area contributed by atoms with Gasteiger partial charge in [-0.1, -0.05) is 37.1 Å². The van der Waals surface area contributed by atoms with E-state index in [2.05, 4.69) is 22.6 Å². The lowest BCUT2D eigenvalue weighted by Gasteiger charge is -2.39. The van der Waals surface area contributed by atoms with Crippen LogP contribution in [0.3, 0.4) is 0 Å². The third kappa shape index (κ3) is 5.95. The summed E-state index contributed by atoms with van der Waals surface area (Å²) in [6, 6.07) is 15.7. The van der Waals surface area contributed by atoms with Crippen molar-refractivity contribution in [2.45, 2.75) is 44.3 Å². The minimum absolute atomic E-state index is 0.223. The van der Waals surface area contributed by atoms with Crippen LogP contribution in [0.15, 0.2) is 48.5 Å². The summed E-state index contributed by atoms with van der Waals surface area (Å²) in [5, 5.41) is 26.9. The Bertz CT molecular complexity index is 838. The summed E-state index contributed by atoms with van der Waals surface area (Å²) >= 11 is 5.55. The average Bonchev–Trinajstić information content (AvgIpc) is 2.74. The van der Waals surface area contributed by atoms with Gasteiger partial charge in [0.25, 0.3) is 0 Å². The molecule has 8 heteroatoms. The molecule has 0 unspecified atom stereocenters. The van der Waals surface area contributed by atoms with Gasteiger partial charge in [0, 0.05) is 24.3 Å². The first-order valence-electron chi connectivity index (χ1n) is 10.3. The average molecular weight is 427 g/mol. The minimum atomic E-state index is -1.51. The lowest BCUT2D eigenvalue weighted by atomic mass is 9.76. The predicted molar refractivity (Wildman–Crippen MR) is 126 cm³/mol. The first kappa shape index (κ1) is 22.6. The van der Waals surface area contributed by atoms with Gasteiger partial charge in [0.05, 0.1) is 7.11 Å². The van der Waals surface area contributed by atoms with Crippen LogP contribution in [0.2, 0.25) is 0 Å². The minimum Gasteiger partial charge on any atom is -0.497 e. The van der Waals surface area contributed by atoms with Gasteiger partial charge in [0.2, 0.25) is 0 Å². The second-order valence-electron chi connectivity index (χ2n) is 7.78. The van der Waals surface area contributed by atoms with E-state index in [1.807, 2.05) is 36.4 Å². The molecule has 0 heterocycles. The van der Waals surface area contributed by atoms with Crippen molar-refractivity contribution in [3.05, 3.63) is 54.1 Å². The van der Waals surface area contributed by atoms with Crippen molar-refractivity contribution in [2.24, 2.45) is 0 Å².